The summed E-state index contributed by atoms with van der Waals surface area (Å²) in [6.07, 6.45) is 4.10. The number of nitrogens with zero attached hydrogens (tertiary/aromatic N) is 2. The Kier molecular flexibility index (Phi) is 5.91. The van der Waals surface area contributed by atoms with Gasteiger partial charge in [-0.2, -0.15) is 5.10 Å². The van der Waals surface area contributed by atoms with Crippen LogP contribution in [0.4, 0.5) is 0 Å². The first kappa shape index (κ1) is 19.2. The molecule has 1 fully saturated rings. The van der Waals surface area contributed by atoms with Crippen LogP contribution in [0.2, 0.25) is 0 Å². The number of carbonyl (C=O) groups is 1. The van der Waals surface area contributed by atoms with Gasteiger partial charge in [-0.3, -0.25) is 4.79 Å². The number of carbonyl (C=O) groups excluding carboxylic acids is 1. The number of rotatable bonds is 6. The fraction of sp³-hybridized carbons (Fsp3) is 0.304. The van der Waals surface area contributed by atoms with E-state index >= 15 is 0 Å². The highest BCUT2D eigenvalue weighted by atomic mass is 16.5. The van der Waals surface area contributed by atoms with Gasteiger partial charge in [0, 0.05) is 18.3 Å². The van der Waals surface area contributed by atoms with E-state index in [2.05, 4.69) is 10.6 Å². The average Bonchev–Trinajstić information content (AvgIpc) is 3.24. The standard InChI is InChI=1S/C23H26N4O2/c1-29-20-11-5-8-18(13-20)22-21(16-27(26-22)19-9-3-2-4-10-19)23(28)25-15-17-7-6-12-24-14-17/h2-5,8-11,13,16-17,24H,6-7,12,14-15H2,1H3,(H,25,28). The zero-order valence-electron chi connectivity index (χ0n) is 16.6. The van der Waals surface area contributed by atoms with E-state index in [1.165, 1.54) is 0 Å². The molecule has 2 N–H and O–H groups in total. The molecule has 1 aliphatic heterocycles. The van der Waals surface area contributed by atoms with Crippen LogP contribution in [0, 0.1) is 5.92 Å². The third-order valence-corrected chi connectivity index (χ3v) is 5.27. The lowest BCUT2D eigenvalue weighted by atomic mass is 9.99. The van der Waals surface area contributed by atoms with Gasteiger partial charge in [0.05, 0.1) is 18.4 Å². The molecular formula is C23H26N4O2. The van der Waals surface area contributed by atoms with Gasteiger partial charge in [-0.05, 0) is 56.1 Å². The lowest BCUT2D eigenvalue weighted by Crippen LogP contribution is -2.38. The van der Waals surface area contributed by atoms with E-state index in [4.69, 9.17) is 9.84 Å². The number of piperidine rings is 1. The van der Waals surface area contributed by atoms with Gasteiger partial charge >= 0.3 is 0 Å². The van der Waals surface area contributed by atoms with Crippen molar-refractivity contribution in [3.8, 4) is 22.7 Å². The number of hydrogen-bond acceptors (Lipinski definition) is 4. The number of benzene rings is 2. The molecule has 3 aromatic rings. The number of ether oxygens (including phenoxy) is 1. The molecule has 1 aliphatic rings. The molecule has 150 valence electrons. The predicted octanol–water partition coefficient (Wildman–Crippen LogP) is 3.28. The monoisotopic (exact) mass is 390 g/mol. The summed E-state index contributed by atoms with van der Waals surface area (Å²) in [5.74, 6) is 1.10. The molecule has 1 unspecified atom stereocenters. The molecule has 0 aliphatic carbocycles. The van der Waals surface area contributed by atoms with Crippen LogP contribution in [0.3, 0.4) is 0 Å². The van der Waals surface area contributed by atoms with Gasteiger partial charge in [0.25, 0.3) is 5.91 Å². The van der Waals surface area contributed by atoms with Gasteiger partial charge in [-0.25, -0.2) is 4.68 Å². The van der Waals surface area contributed by atoms with Gasteiger partial charge in [0.1, 0.15) is 11.4 Å². The number of para-hydroxylation sites is 1. The maximum absolute atomic E-state index is 13.1. The van der Waals surface area contributed by atoms with Crippen molar-refractivity contribution >= 4 is 5.91 Å². The van der Waals surface area contributed by atoms with Crippen LogP contribution >= 0.6 is 0 Å². The van der Waals surface area contributed by atoms with Crippen molar-refractivity contribution in [1.82, 2.24) is 20.4 Å². The van der Waals surface area contributed by atoms with Crippen LogP contribution < -0.4 is 15.4 Å². The van der Waals surface area contributed by atoms with Crippen molar-refractivity contribution in [2.75, 3.05) is 26.7 Å². The highest BCUT2D eigenvalue weighted by Crippen LogP contribution is 2.27. The van der Waals surface area contributed by atoms with E-state index in [-0.39, 0.29) is 5.91 Å². The Morgan fingerprint density at radius 3 is 2.86 bits per heavy atom. The zero-order chi connectivity index (χ0) is 20.1. The van der Waals surface area contributed by atoms with Crippen molar-refractivity contribution < 1.29 is 9.53 Å². The number of nitrogens with one attached hydrogen (secondary N) is 2. The van der Waals surface area contributed by atoms with E-state index in [1.54, 1.807) is 18.0 Å². The highest BCUT2D eigenvalue weighted by molar-refractivity contribution is 6.00. The summed E-state index contributed by atoms with van der Waals surface area (Å²) < 4.78 is 7.11. The summed E-state index contributed by atoms with van der Waals surface area (Å²) in [5, 5.41) is 11.2. The van der Waals surface area contributed by atoms with Gasteiger partial charge in [-0.15, -0.1) is 0 Å². The van der Waals surface area contributed by atoms with E-state index in [1.807, 2.05) is 54.6 Å². The molecule has 6 heteroatoms. The zero-order valence-corrected chi connectivity index (χ0v) is 16.6. The number of amides is 1. The van der Waals surface area contributed by atoms with Crippen LogP contribution in [0.5, 0.6) is 5.75 Å². The third kappa shape index (κ3) is 4.49. The quantitative estimate of drug-likeness (QED) is 0.678. The second kappa shape index (κ2) is 8.92. The molecule has 0 radical (unpaired) electrons. The SMILES string of the molecule is COc1cccc(-c2nn(-c3ccccc3)cc2C(=O)NCC2CCCNC2)c1. The fourth-order valence-corrected chi connectivity index (χ4v) is 3.67. The second-order valence-electron chi connectivity index (χ2n) is 7.33. The van der Waals surface area contributed by atoms with E-state index in [0.717, 1.165) is 42.9 Å². The Morgan fingerprint density at radius 1 is 1.24 bits per heavy atom. The molecule has 1 saturated heterocycles. The van der Waals surface area contributed by atoms with E-state index in [9.17, 15) is 4.79 Å². The van der Waals surface area contributed by atoms with E-state index in [0.29, 0.717) is 23.7 Å². The maximum atomic E-state index is 13.1. The second-order valence-corrected chi connectivity index (χ2v) is 7.33. The number of hydrogen-bond donors (Lipinski definition) is 2. The Hall–Kier alpha value is -3.12. The molecule has 1 amide bonds. The Bertz CT molecular complexity index is 962. The number of methoxy groups -OCH3 is 1. The minimum absolute atomic E-state index is 0.101. The Balaban J connectivity index is 1.64. The molecule has 0 saturated carbocycles. The van der Waals surface area contributed by atoms with Crippen LogP contribution in [-0.2, 0) is 0 Å². The topological polar surface area (TPSA) is 68.2 Å². The molecule has 2 heterocycles. The molecule has 6 nitrogen and oxygen atoms in total. The maximum Gasteiger partial charge on any atom is 0.255 e. The van der Waals surface area contributed by atoms with Crippen molar-refractivity contribution in [3.05, 3.63) is 66.4 Å². The lowest BCUT2D eigenvalue weighted by molar-refractivity contribution is 0.0945. The van der Waals surface area contributed by atoms with Crippen molar-refractivity contribution in [3.63, 3.8) is 0 Å². The first-order valence-electron chi connectivity index (χ1n) is 10.0. The molecule has 0 spiro atoms. The van der Waals surface area contributed by atoms with Crippen molar-refractivity contribution in [2.24, 2.45) is 5.92 Å². The van der Waals surface area contributed by atoms with Gasteiger partial charge in [0.15, 0.2) is 0 Å². The predicted molar refractivity (Wildman–Crippen MR) is 113 cm³/mol. The summed E-state index contributed by atoms with van der Waals surface area (Å²) in [4.78, 5) is 13.1. The fourth-order valence-electron chi connectivity index (χ4n) is 3.67. The minimum atomic E-state index is -0.101. The molecular weight excluding hydrogens is 364 g/mol. The molecule has 0 bridgehead atoms. The Morgan fingerprint density at radius 2 is 2.10 bits per heavy atom. The largest absolute Gasteiger partial charge is 0.497 e. The Labute approximate surface area is 170 Å². The first-order valence-corrected chi connectivity index (χ1v) is 10.0. The van der Waals surface area contributed by atoms with Crippen LogP contribution in [0.25, 0.3) is 16.9 Å². The molecule has 29 heavy (non-hydrogen) atoms. The van der Waals surface area contributed by atoms with Crippen molar-refractivity contribution in [1.29, 1.82) is 0 Å². The average molecular weight is 390 g/mol. The third-order valence-electron chi connectivity index (χ3n) is 5.27. The van der Waals surface area contributed by atoms with Crippen LogP contribution in [0.1, 0.15) is 23.2 Å². The molecule has 4 rings (SSSR count). The first-order chi connectivity index (χ1) is 14.2. The molecule has 2 aromatic carbocycles. The van der Waals surface area contributed by atoms with Gasteiger partial charge < -0.3 is 15.4 Å². The molecule has 1 atom stereocenters. The summed E-state index contributed by atoms with van der Waals surface area (Å²) in [6.45, 7) is 2.68. The lowest BCUT2D eigenvalue weighted by Gasteiger charge is -2.22. The highest BCUT2D eigenvalue weighted by Gasteiger charge is 2.21. The number of aromatic nitrogens is 2. The van der Waals surface area contributed by atoms with Crippen LogP contribution in [-0.4, -0.2) is 42.4 Å². The summed E-state index contributed by atoms with van der Waals surface area (Å²) >= 11 is 0. The molecule has 1 aromatic heterocycles. The van der Waals surface area contributed by atoms with Gasteiger partial charge in [-0.1, -0.05) is 30.3 Å². The normalized spacial score (nSPS) is 16.4. The van der Waals surface area contributed by atoms with E-state index < -0.39 is 0 Å². The smallest absolute Gasteiger partial charge is 0.255 e. The summed E-state index contributed by atoms with van der Waals surface area (Å²) in [5.41, 5.74) is 2.97. The van der Waals surface area contributed by atoms with Crippen LogP contribution in [0.15, 0.2) is 60.8 Å². The van der Waals surface area contributed by atoms with Crippen molar-refractivity contribution in [2.45, 2.75) is 12.8 Å². The summed E-state index contributed by atoms with van der Waals surface area (Å²) in [6, 6.07) is 17.5. The van der Waals surface area contributed by atoms with Gasteiger partial charge in [0.2, 0.25) is 0 Å². The summed E-state index contributed by atoms with van der Waals surface area (Å²) in [7, 11) is 1.63. The minimum Gasteiger partial charge on any atom is -0.497 e.